The molecular weight excluding hydrogens is 366 g/mol. The highest BCUT2D eigenvalue weighted by atomic mass is 16.5. The summed E-state index contributed by atoms with van der Waals surface area (Å²) in [6, 6.07) is 15.5. The number of nitrogens with zero attached hydrogens (tertiary/aromatic N) is 2. The van der Waals surface area contributed by atoms with Crippen LogP contribution in [-0.4, -0.2) is 16.0 Å². The third-order valence-corrected chi connectivity index (χ3v) is 5.48. The molecule has 0 aliphatic heterocycles. The molecule has 0 radical (unpaired) electrons. The second-order valence-corrected chi connectivity index (χ2v) is 8.08. The van der Waals surface area contributed by atoms with E-state index in [0.717, 1.165) is 12.8 Å². The summed E-state index contributed by atoms with van der Waals surface area (Å²) in [6.07, 6.45) is 1.97. The maximum atomic E-state index is 12.8. The van der Waals surface area contributed by atoms with Crippen LogP contribution in [0.5, 0.6) is 5.75 Å². The van der Waals surface area contributed by atoms with Gasteiger partial charge in [0, 0.05) is 12.5 Å². The van der Waals surface area contributed by atoms with Crippen LogP contribution >= 0.6 is 0 Å². The first-order chi connectivity index (χ1) is 13.9. The summed E-state index contributed by atoms with van der Waals surface area (Å²) in [5.41, 5.74) is 3.27. The maximum absolute atomic E-state index is 12.8. The fourth-order valence-electron chi connectivity index (χ4n) is 3.85. The monoisotopic (exact) mass is 391 g/mol. The summed E-state index contributed by atoms with van der Waals surface area (Å²) >= 11 is 0. The lowest BCUT2D eigenvalue weighted by Crippen LogP contribution is -2.35. The molecule has 6 nitrogen and oxygen atoms in total. The van der Waals surface area contributed by atoms with Crippen LogP contribution in [0.25, 0.3) is 0 Å². The molecule has 1 aliphatic rings. The predicted octanol–water partition coefficient (Wildman–Crippen LogP) is 4.50. The Morgan fingerprint density at radius 2 is 1.97 bits per heavy atom. The zero-order chi connectivity index (χ0) is 20.4. The average Bonchev–Trinajstić information content (AvgIpc) is 3.14. The molecule has 0 saturated carbocycles. The van der Waals surface area contributed by atoms with Crippen molar-refractivity contribution in [3.05, 3.63) is 76.9 Å². The summed E-state index contributed by atoms with van der Waals surface area (Å²) in [4.78, 5) is 16.9. The molecular formula is C23H25N3O3. The van der Waals surface area contributed by atoms with Crippen LogP contribution < -0.4 is 10.1 Å². The smallest absolute Gasteiger partial charge is 0.251 e. The van der Waals surface area contributed by atoms with Gasteiger partial charge in [-0.05, 0) is 53.6 Å². The summed E-state index contributed by atoms with van der Waals surface area (Å²) < 4.78 is 10.6. The van der Waals surface area contributed by atoms with Crippen molar-refractivity contribution in [2.75, 3.05) is 0 Å². The van der Waals surface area contributed by atoms with Crippen LogP contribution in [0.2, 0.25) is 0 Å². The van der Waals surface area contributed by atoms with Gasteiger partial charge in [-0.15, -0.1) is 0 Å². The van der Waals surface area contributed by atoms with E-state index in [2.05, 4.69) is 47.5 Å². The number of ether oxygens (including phenoxy) is 1. The molecule has 1 amide bonds. The van der Waals surface area contributed by atoms with Crippen molar-refractivity contribution < 1.29 is 14.1 Å². The maximum Gasteiger partial charge on any atom is 0.251 e. The number of carbonyl (C=O) groups is 1. The van der Waals surface area contributed by atoms with Gasteiger partial charge in [0.05, 0.1) is 6.04 Å². The van der Waals surface area contributed by atoms with E-state index in [1.165, 1.54) is 11.1 Å². The SMILES string of the molecule is Cc1nc(COc2ccc(C(=O)N[C@H]3CCC(C)(C)c4ccccc43)cc2)no1. The van der Waals surface area contributed by atoms with Crippen LogP contribution in [0.1, 0.15) is 65.9 Å². The molecule has 1 heterocycles. The quantitative estimate of drug-likeness (QED) is 0.693. The largest absolute Gasteiger partial charge is 0.485 e. The molecule has 0 saturated heterocycles. The number of hydrogen-bond donors (Lipinski definition) is 1. The zero-order valence-electron chi connectivity index (χ0n) is 16.9. The predicted molar refractivity (Wildman–Crippen MR) is 109 cm³/mol. The Morgan fingerprint density at radius 3 is 2.69 bits per heavy atom. The van der Waals surface area contributed by atoms with Crippen molar-refractivity contribution in [2.45, 2.75) is 51.7 Å². The van der Waals surface area contributed by atoms with Crippen LogP contribution in [0.15, 0.2) is 53.1 Å². The van der Waals surface area contributed by atoms with Crippen molar-refractivity contribution in [3.63, 3.8) is 0 Å². The van der Waals surface area contributed by atoms with E-state index in [9.17, 15) is 4.79 Å². The van der Waals surface area contributed by atoms with Gasteiger partial charge in [-0.3, -0.25) is 4.79 Å². The summed E-state index contributed by atoms with van der Waals surface area (Å²) in [5.74, 6) is 1.56. The number of hydrogen-bond acceptors (Lipinski definition) is 5. The second kappa shape index (κ2) is 7.70. The number of carbonyl (C=O) groups excluding carboxylic acids is 1. The summed E-state index contributed by atoms with van der Waals surface area (Å²) in [7, 11) is 0. The molecule has 3 aromatic rings. The van der Waals surface area contributed by atoms with Gasteiger partial charge < -0.3 is 14.6 Å². The Labute approximate surface area is 170 Å². The first-order valence-electron chi connectivity index (χ1n) is 9.85. The molecule has 0 spiro atoms. The first kappa shape index (κ1) is 19.2. The molecule has 0 fully saturated rings. The van der Waals surface area contributed by atoms with Crippen LogP contribution in [-0.2, 0) is 12.0 Å². The van der Waals surface area contributed by atoms with E-state index in [4.69, 9.17) is 9.26 Å². The Kier molecular flexibility index (Phi) is 5.09. The lowest BCUT2D eigenvalue weighted by Gasteiger charge is -2.37. The van der Waals surface area contributed by atoms with Gasteiger partial charge in [0.1, 0.15) is 5.75 Å². The van der Waals surface area contributed by atoms with Crippen LogP contribution in [0.3, 0.4) is 0 Å². The third kappa shape index (κ3) is 4.16. The normalized spacial score (nSPS) is 17.4. The van der Waals surface area contributed by atoms with Gasteiger partial charge in [0.25, 0.3) is 5.91 Å². The van der Waals surface area contributed by atoms with Gasteiger partial charge in [0.15, 0.2) is 6.61 Å². The molecule has 2 aromatic carbocycles. The Hall–Kier alpha value is -3.15. The van der Waals surface area contributed by atoms with Crippen molar-refractivity contribution in [3.8, 4) is 5.75 Å². The highest BCUT2D eigenvalue weighted by Crippen LogP contribution is 2.41. The van der Waals surface area contributed by atoms with E-state index in [1.54, 1.807) is 31.2 Å². The van der Waals surface area contributed by atoms with Gasteiger partial charge in [0.2, 0.25) is 11.7 Å². The van der Waals surface area contributed by atoms with Crippen molar-refractivity contribution in [1.29, 1.82) is 0 Å². The topological polar surface area (TPSA) is 77.2 Å². The van der Waals surface area contributed by atoms with E-state index < -0.39 is 0 Å². The Bertz CT molecular complexity index is 1010. The molecule has 1 atom stereocenters. The van der Waals surface area contributed by atoms with Gasteiger partial charge in [-0.25, -0.2) is 0 Å². The molecule has 1 N–H and O–H groups in total. The van der Waals surface area contributed by atoms with E-state index in [1.807, 2.05) is 6.07 Å². The third-order valence-electron chi connectivity index (χ3n) is 5.48. The minimum Gasteiger partial charge on any atom is -0.485 e. The summed E-state index contributed by atoms with van der Waals surface area (Å²) in [5, 5.41) is 6.99. The van der Waals surface area contributed by atoms with E-state index >= 15 is 0 Å². The first-order valence-corrected chi connectivity index (χ1v) is 9.85. The molecule has 4 rings (SSSR count). The van der Waals surface area contributed by atoms with Crippen LogP contribution in [0, 0.1) is 6.92 Å². The number of benzene rings is 2. The Morgan fingerprint density at radius 1 is 1.21 bits per heavy atom. The fraction of sp³-hybridized carbons (Fsp3) is 0.348. The van der Waals surface area contributed by atoms with Gasteiger partial charge >= 0.3 is 0 Å². The molecule has 0 bridgehead atoms. The fourth-order valence-corrected chi connectivity index (χ4v) is 3.85. The number of fused-ring (bicyclic) bond motifs is 1. The molecule has 0 unspecified atom stereocenters. The van der Waals surface area contributed by atoms with E-state index in [-0.39, 0.29) is 24.0 Å². The lowest BCUT2D eigenvalue weighted by atomic mass is 9.71. The van der Waals surface area contributed by atoms with Gasteiger partial charge in [-0.1, -0.05) is 43.3 Å². The number of aryl methyl sites for hydroxylation is 1. The van der Waals surface area contributed by atoms with Crippen molar-refractivity contribution in [1.82, 2.24) is 15.5 Å². The number of rotatable bonds is 5. The highest BCUT2D eigenvalue weighted by molar-refractivity contribution is 5.94. The van der Waals surface area contributed by atoms with E-state index in [0.29, 0.717) is 23.0 Å². The molecule has 1 aromatic heterocycles. The standard InChI is InChI=1S/C23H25N3O3/c1-15-24-21(26-29-15)14-28-17-10-8-16(9-11-17)22(27)25-20-12-13-23(2,3)19-7-5-4-6-18(19)20/h4-11,20H,12-14H2,1-3H3,(H,25,27)/t20-/m0/s1. The summed E-state index contributed by atoms with van der Waals surface area (Å²) in [6.45, 7) is 6.48. The minimum atomic E-state index is -0.0788. The minimum absolute atomic E-state index is 0.0316. The molecule has 150 valence electrons. The Balaban J connectivity index is 1.41. The molecule has 6 heteroatoms. The van der Waals surface area contributed by atoms with Crippen LogP contribution in [0.4, 0.5) is 0 Å². The van der Waals surface area contributed by atoms with Crippen molar-refractivity contribution >= 4 is 5.91 Å². The second-order valence-electron chi connectivity index (χ2n) is 8.08. The zero-order valence-corrected chi connectivity index (χ0v) is 16.9. The van der Waals surface area contributed by atoms with Crippen molar-refractivity contribution in [2.24, 2.45) is 0 Å². The van der Waals surface area contributed by atoms with Gasteiger partial charge in [-0.2, -0.15) is 4.98 Å². The average molecular weight is 391 g/mol. The lowest BCUT2D eigenvalue weighted by molar-refractivity contribution is 0.0929. The highest BCUT2D eigenvalue weighted by Gasteiger charge is 2.32. The number of nitrogens with one attached hydrogen (secondary N) is 1. The number of amides is 1. The number of aromatic nitrogens is 2. The molecule has 29 heavy (non-hydrogen) atoms. The molecule has 1 aliphatic carbocycles.